The summed E-state index contributed by atoms with van der Waals surface area (Å²) < 4.78 is 23.3. The predicted octanol–water partition coefficient (Wildman–Crippen LogP) is 1.09. The fourth-order valence-electron chi connectivity index (χ4n) is 7.79. The van der Waals surface area contributed by atoms with Crippen LogP contribution in [0.1, 0.15) is 46.7 Å². The molecule has 6 aromatic rings. The summed E-state index contributed by atoms with van der Waals surface area (Å²) >= 11 is 0. The highest BCUT2D eigenvalue weighted by Gasteiger charge is 2.45. The Morgan fingerprint density at radius 3 is 2.52 bits per heavy atom. The first kappa shape index (κ1) is 43.0. The van der Waals surface area contributed by atoms with Gasteiger partial charge in [-0.3, -0.25) is 24.0 Å². The molecule has 4 amide bonds. The number of nitrogens with one attached hydrogen (secondary N) is 4. The molecule has 2 aliphatic rings. The lowest BCUT2D eigenvalue weighted by molar-refractivity contribution is -0.172. The van der Waals surface area contributed by atoms with E-state index in [0.717, 1.165) is 5.56 Å². The number of cyclic esters (lactones) is 1. The Kier molecular flexibility index (Phi) is 11.8. The van der Waals surface area contributed by atoms with Crippen molar-refractivity contribution in [3.05, 3.63) is 123 Å². The van der Waals surface area contributed by atoms with Crippen molar-refractivity contribution < 1.29 is 38.2 Å². The fraction of sp³-hybridized carbons (Fsp3) is 0.273. The molecule has 0 saturated heterocycles. The summed E-state index contributed by atoms with van der Waals surface area (Å²) in [5, 5.41) is 30.7. The number of nitrogens with two attached hydrogens (primary N) is 1. The van der Waals surface area contributed by atoms with E-state index in [4.69, 9.17) is 15.5 Å². The molecule has 0 aliphatic carbocycles. The molecule has 2 aromatic carbocycles. The summed E-state index contributed by atoms with van der Waals surface area (Å²) in [5.74, 6) is -3.46. The quantitative estimate of drug-likeness (QED) is 0.0837. The number of rotatable bonds is 14. The highest BCUT2D eigenvalue weighted by Crippen LogP contribution is 2.41. The van der Waals surface area contributed by atoms with Gasteiger partial charge in [0.25, 0.3) is 5.56 Å². The lowest BCUT2D eigenvalue weighted by Crippen LogP contribution is -2.51. The summed E-state index contributed by atoms with van der Waals surface area (Å²) in [6.07, 6.45) is 3.29. The van der Waals surface area contributed by atoms with Gasteiger partial charge in [-0.05, 0) is 54.3 Å². The van der Waals surface area contributed by atoms with Crippen LogP contribution in [0.25, 0.3) is 33.5 Å². The number of carbonyl (C=O) groups is 5. The molecule has 4 aromatic heterocycles. The van der Waals surface area contributed by atoms with E-state index < -0.39 is 59.2 Å². The highest BCUT2D eigenvalue weighted by molar-refractivity contribution is 5.96. The molecule has 2 atom stereocenters. The molecule has 0 radical (unpaired) electrons. The smallest absolute Gasteiger partial charge is 0.343 e. The second-order valence-electron chi connectivity index (χ2n) is 15.4. The van der Waals surface area contributed by atoms with Gasteiger partial charge in [-0.15, -0.1) is 5.10 Å². The Morgan fingerprint density at radius 2 is 1.78 bits per heavy atom. The number of ether oxygens (including phenoxy) is 1. The van der Waals surface area contributed by atoms with Crippen LogP contribution in [0.15, 0.2) is 77.9 Å². The topological polar surface area (TPSA) is 267 Å². The zero-order valence-corrected chi connectivity index (χ0v) is 34.6. The van der Waals surface area contributed by atoms with Crippen LogP contribution >= 0.6 is 0 Å². The summed E-state index contributed by atoms with van der Waals surface area (Å²) in [7, 11) is 0. The minimum atomic E-state index is -2.01. The number of pyridine rings is 3. The number of benzene rings is 2. The second-order valence-corrected chi connectivity index (χ2v) is 15.4. The molecular weight excluding hydrogens is 830 g/mol. The van der Waals surface area contributed by atoms with E-state index in [1.807, 2.05) is 6.07 Å². The monoisotopic (exact) mass is 871 g/mol. The molecule has 0 fully saturated rings. The molecule has 8 rings (SSSR count). The van der Waals surface area contributed by atoms with Crippen LogP contribution < -0.4 is 32.6 Å². The molecule has 1 unspecified atom stereocenters. The van der Waals surface area contributed by atoms with Crippen molar-refractivity contribution in [2.45, 2.75) is 58.0 Å². The summed E-state index contributed by atoms with van der Waals surface area (Å²) in [5.41, 5.74) is 7.88. The number of aryl methyl sites for hydroxylation is 1. The third-order valence-electron chi connectivity index (χ3n) is 11.3. The Bertz CT molecular complexity index is 2920. The minimum absolute atomic E-state index is 0.0158. The number of carbonyl (C=O) groups excluding carboxylic acids is 5. The molecule has 2 aliphatic heterocycles. The van der Waals surface area contributed by atoms with Gasteiger partial charge in [-0.25, -0.2) is 23.8 Å². The van der Waals surface area contributed by atoms with Crippen LogP contribution in [0, 0.1) is 12.7 Å². The van der Waals surface area contributed by atoms with Gasteiger partial charge in [0.1, 0.15) is 30.0 Å². The Morgan fingerprint density at radius 1 is 1.00 bits per heavy atom. The molecule has 20 heteroatoms. The summed E-state index contributed by atoms with van der Waals surface area (Å²) in [6, 6.07) is 15.8. The summed E-state index contributed by atoms with van der Waals surface area (Å²) in [6.45, 7) is 2.15. The van der Waals surface area contributed by atoms with E-state index in [1.165, 1.54) is 16.8 Å². The van der Waals surface area contributed by atoms with Crippen molar-refractivity contribution in [2.75, 3.05) is 25.0 Å². The highest BCUT2D eigenvalue weighted by atomic mass is 19.1. The molecule has 0 bridgehead atoms. The van der Waals surface area contributed by atoms with Crippen LogP contribution in [0.4, 0.5) is 10.2 Å². The fourth-order valence-corrected chi connectivity index (χ4v) is 7.79. The van der Waals surface area contributed by atoms with Gasteiger partial charge in [-0.2, -0.15) is 0 Å². The summed E-state index contributed by atoms with van der Waals surface area (Å²) in [4.78, 5) is 85.8. The maximum absolute atomic E-state index is 15.0. The SMILES string of the molecule is CC[C@@]1(O)C(=O)OCc2c1cc1n(c2=O)Cc2c-1nc1cc(F)c(C)cc1c2Cn1cc(-c2ccc(NC(=O)CNC(=O)C(Cc3ccccc3)NC(=O)CNC(=O)CN)nc2)nn1. The number of halogens is 1. The first-order chi connectivity index (χ1) is 30.8. The zero-order chi connectivity index (χ0) is 45.3. The molecule has 0 spiro atoms. The normalized spacial score (nSPS) is 15.4. The van der Waals surface area contributed by atoms with E-state index in [9.17, 15) is 33.9 Å². The van der Waals surface area contributed by atoms with Gasteiger partial charge in [0.05, 0.1) is 61.4 Å². The number of amides is 4. The number of hydrogen-bond acceptors (Lipinski definition) is 13. The van der Waals surface area contributed by atoms with Gasteiger partial charge < -0.3 is 41.4 Å². The number of nitrogens with zero attached hydrogens (tertiary/aromatic N) is 6. The van der Waals surface area contributed by atoms with Gasteiger partial charge in [-0.1, -0.05) is 42.5 Å². The van der Waals surface area contributed by atoms with Gasteiger partial charge in [0, 0.05) is 40.8 Å². The predicted molar refractivity (Wildman–Crippen MR) is 227 cm³/mol. The maximum Gasteiger partial charge on any atom is 0.343 e. The zero-order valence-electron chi connectivity index (χ0n) is 34.6. The number of aliphatic hydroxyl groups is 1. The lowest BCUT2D eigenvalue weighted by atomic mass is 9.86. The van der Waals surface area contributed by atoms with Crippen molar-refractivity contribution in [1.29, 1.82) is 0 Å². The molecule has 64 heavy (non-hydrogen) atoms. The molecule has 19 nitrogen and oxygen atoms in total. The van der Waals surface area contributed by atoms with E-state index in [2.05, 4.69) is 36.6 Å². The van der Waals surface area contributed by atoms with Crippen LogP contribution in [0.2, 0.25) is 0 Å². The third kappa shape index (κ3) is 8.42. The van der Waals surface area contributed by atoms with Gasteiger partial charge in [0.2, 0.25) is 23.6 Å². The third-order valence-corrected chi connectivity index (χ3v) is 11.3. The van der Waals surface area contributed by atoms with Crippen molar-refractivity contribution >= 4 is 46.3 Å². The second kappa shape index (κ2) is 17.6. The standard InChI is InChI=1S/C44H42FN11O8/c1-3-44(63)30-13-35-40-28(20-56(35)42(61)29(30)22-64-43(44)62)27(26-11-23(2)31(45)14-32(26)51-40)19-55-21-34(53-54-55)25-9-10-36(47-16-25)52-39(59)18-49-41(60)33(12-24-7-5-4-6-8-24)50-38(58)17-48-37(57)15-46/h4-11,13-14,16,21,33,63H,3,12,15,17-20,22,46H2,1-2H3,(H,48,57)(H,49,60)(H,50,58)(H,47,52,59)/t33?,44-/m0/s1. The Balaban J connectivity index is 0.968. The number of hydrogen-bond donors (Lipinski definition) is 6. The Labute approximate surface area is 363 Å². The molecular formula is C44H42FN11O8. The van der Waals surface area contributed by atoms with Crippen LogP contribution in [-0.4, -0.2) is 89.9 Å². The van der Waals surface area contributed by atoms with Crippen molar-refractivity contribution in [2.24, 2.45) is 5.73 Å². The van der Waals surface area contributed by atoms with Crippen molar-refractivity contribution in [1.82, 2.24) is 45.5 Å². The first-order valence-corrected chi connectivity index (χ1v) is 20.3. The first-order valence-electron chi connectivity index (χ1n) is 20.3. The van der Waals surface area contributed by atoms with E-state index >= 15 is 4.39 Å². The van der Waals surface area contributed by atoms with E-state index in [-0.39, 0.29) is 62.6 Å². The van der Waals surface area contributed by atoms with Crippen LogP contribution in [-0.2, 0) is 60.4 Å². The number of anilines is 1. The van der Waals surface area contributed by atoms with Crippen LogP contribution in [0.5, 0.6) is 0 Å². The van der Waals surface area contributed by atoms with Gasteiger partial charge >= 0.3 is 5.97 Å². The van der Waals surface area contributed by atoms with E-state index in [0.29, 0.717) is 50.2 Å². The van der Waals surface area contributed by atoms with E-state index in [1.54, 1.807) is 73.3 Å². The molecule has 6 heterocycles. The molecule has 328 valence electrons. The lowest BCUT2D eigenvalue weighted by Gasteiger charge is -2.31. The minimum Gasteiger partial charge on any atom is -0.458 e. The van der Waals surface area contributed by atoms with Crippen LogP contribution in [0.3, 0.4) is 0 Å². The number of aromatic nitrogens is 6. The molecule has 0 saturated carbocycles. The maximum atomic E-state index is 15.0. The van der Waals surface area contributed by atoms with Crippen molar-refractivity contribution in [3.8, 4) is 22.6 Å². The average Bonchev–Trinajstić information content (AvgIpc) is 3.92. The number of esters is 1. The largest absolute Gasteiger partial charge is 0.458 e. The Hall–Kier alpha value is -7.71. The van der Waals surface area contributed by atoms with Crippen molar-refractivity contribution in [3.63, 3.8) is 0 Å². The number of fused-ring (bicyclic) bond motifs is 5. The molecule has 7 N–H and O–H groups in total. The van der Waals surface area contributed by atoms with Gasteiger partial charge in [0.15, 0.2) is 5.60 Å². The average molecular weight is 872 g/mol.